The number of rotatable bonds is 6. The van der Waals surface area contributed by atoms with E-state index in [2.05, 4.69) is 44.3 Å². The average molecular weight is 247 g/mol. The molecule has 0 amide bonds. The van der Waals surface area contributed by atoms with E-state index in [1.807, 2.05) is 0 Å². The summed E-state index contributed by atoms with van der Waals surface area (Å²) in [6.45, 7) is 9.94. The van der Waals surface area contributed by atoms with E-state index >= 15 is 0 Å². The molecule has 1 N–H and O–H groups in total. The summed E-state index contributed by atoms with van der Waals surface area (Å²) in [6.07, 6.45) is 2.27. The average Bonchev–Trinajstić information content (AvgIpc) is 2.85. The maximum atomic E-state index is 5.56. The number of ether oxygens (including phenoxy) is 1. The van der Waals surface area contributed by atoms with Crippen LogP contribution in [0.5, 0.6) is 5.75 Å². The van der Waals surface area contributed by atoms with Gasteiger partial charge in [-0.2, -0.15) is 0 Å². The molecule has 0 spiro atoms. The van der Waals surface area contributed by atoms with E-state index in [9.17, 15) is 0 Å². The van der Waals surface area contributed by atoms with Crippen LogP contribution >= 0.6 is 0 Å². The zero-order chi connectivity index (χ0) is 13.0. The zero-order valence-corrected chi connectivity index (χ0v) is 11.8. The summed E-state index contributed by atoms with van der Waals surface area (Å²) in [6, 6.07) is 6.70. The minimum absolute atomic E-state index is 0.597. The largest absolute Gasteiger partial charge is 0.493 e. The molecule has 2 rings (SSSR count). The predicted octanol–water partition coefficient (Wildman–Crippen LogP) is 3.36. The number of benzene rings is 1. The Balaban J connectivity index is 1.97. The first-order valence-electron chi connectivity index (χ1n) is 7.18. The van der Waals surface area contributed by atoms with E-state index in [1.54, 1.807) is 0 Å². The minimum atomic E-state index is 0.597. The molecule has 0 saturated carbocycles. The van der Waals surface area contributed by atoms with Crippen molar-refractivity contribution in [3.8, 4) is 5.75 Å². The molecule has 100 valence electrons. The lowest BCUT2D eigenvalue weighted by molar-refractivity contribution is 0.356. The van der Waals surface area contributed by atoms with Gasteiger partial charge in [0.2, 0.25) is 0 Å². The normalized spacial score (nSPS) is 17.1. The van der Waals surface area contributed by atoms with Crippen LogP contribution in [-0.2, 0) is 6.42 Å². The molecule has 0 aliphatic carbocycles. The molecular weight excluding hydrogens is 222 g/mol. The zero-order valence-electron chi connectivity index (χ0n) is 11.8. The Morgan fingerprint density at radius 3 is 2.94 bits per heavy atom. The van der Waals surface area contributed by atoms with E-state index in [4.69, 9.17) is 4.74 Å². The number of fused-ring (bicyclic) bond motifs is 1. The summed E-state index contributed by atoms with van der Waals surface area (Å²) in [5, 5.41) is 3.51. The number of hydrogen-bond acceptors (Lipinski definition) is 2. The van der Waals surface area contributed by atoms with Gasteiger partial charge in [0.25, 0.3) is 0 Å². The molecular formula is C16H25NO. The monoisotopic (exact) mass is 247 g/mol. The highest BCUT2D eigenvalue weighted by Gasteiger charge is 2.18. The fourth-order valence-corrected chi connectivity index (χ4v) is 2.50. The lowest BCUT2D eigenvalue weighted by atomic mass is 9.88. The summed E-state index contributed by atoms with van der Waals surface area (Å²) in [5.74, 6) is 2.35. The van der Waals surface area contributed by atoms with Crippen molar-refractivity contribution in [2.75, 3.05) is 19.7 Å². The highest BCUT2D eigenvalue weighted by atomic mass is 16.5. The minimum Gasteiger partial charge on any atom is -0.493 e. The van der Waals surface area contributed by atoms with E-state index in [0.717, 1.165) is 31.9 Å². The van der Waals surface area contributed by atoms with Gasteiger partial charge < -0.3 is 10.1 Å². The Morgan fingerprint density at radius 1 is 1.33 bits per heavy atom. The van der Waals surface area contributed by atoms with Gasteiger partial charge in [0, 0.05) is 6.42 Å². The second-order valence-corrected chi connectivity index (χ2v) is 5.44. The van der Waals surface area contributed by atoms with Crippen molar-refractivity contribution in [3.63, 3.8) is 0 Å². The molecule has 2 nitrogen and oxygen atoms in total. The van der Waals surface area contributed by atoms with Crippen molar-refractivity contribution in [1.82, 2.24) is 5.32 Å². The SMILES string of the molecule is CCCNCC(C)C(C)c1ccc2c(c1)CCO2. The van der Waals surface area contributed by atoms with Crippen molar-refractivity contribution in [1.29, 1.82) is 0 Å². The highest BCUT2D eigenvalue weighted by Crippen LogP contribution is 2.31. The molecule has 2 heteroatoms. The Hall–Kier alpha value is -1.02. The fourth-order valence-electron chi connectivity index (χ4n) is 2.50. The molecule has 0 aromatic heterocycles. The second kappa shape index (κ2) is 6.24. The van der Waals surface area contributed by atoms with E-state index in [0.29, 0.717) is 11.8 Å². The Labute approximate surface area is 111 Å². The van der Waals surface area contributed by atoms with Crippen LogP contribution in [0, 0.1) is 5.92 Å². The Morgan fingerprint density at radius 2 is 2.17 bits per heavy atom. The maximum absolute atomic E-state index is 5.56. The predicted molar refractivity (Wildman–Crippen MR) is 76.4 cm³/mol. The van der Waals surface area contributed by atoms with Crippen LogP contribution in [0.25, 0.3) is 0 Å². The first kappa shape index (κ1) is 13.4. The molecule has 18 heavy (non-hydrogen) atoms. The second-order valence-electron chi connectivity index (χ2n) is 5.44. The van der Waals surface area contributed by atoms with Crippen molar-refractivity contribution in [2.24, 2.45) is 5.92 Å². The lowest BCUT2D eigenvalue weighted by Crippen LogP contribution is -2.25. The topological polar surface area (TPSA) is 21.3 Å². The van der Waals surface area contributed by atoms with Crippen molar-refractivity contribution >= 4 is 0 Å². The van der Waals surface area contributed by atoms with Crippen molar-refractivity contribution < 1.29 is 4.74 Å². The highest BCUT2D eigenvalue weighted by molar-refractivity contribution is 5.40. The van der Waals surface area contributed by atoms with Gasteiger partial charge >= 0.3 is 0 Å². The smallest absolute Gasteiger partial charge is 0.122 e. The van der Waals surface area contributed by atoms with Gasteiger partial charge in [-0.05, 0) is 48.5 Å². The standard InChI is InChI=1S/C16H25NO/c1-4-8-17-11-12(2)13(3)14-5-6-16-15(10-14)7-9-18-16/h5-6,10,12-13,17H,4,7-9,11H2,1-3H3. The van der Waals surface area contributed by atoms with Gasteiger partial charge in [0.05, 0.1) is 6.61 Å². The molecule has 0 fully saturated rings. The van der Waals surface area contributed by atoms with Gasteiger partial charge in [-0.25, -0.2) is 0 Å². The molecule has 0 bridgehead atoms. The van der Waals surface area contributed by atoms with Gasteiger partial charge in [0.1, 0.15) is 5.75 Å². The summed E-state index contributed by atoms with van der Waals surface area (Å²) < 4.78 is 5.56. The lowest BCUT2D eigenvalue weighted by Gasteiger charge is -2.21. The van der Waals surface area contributed by atoms with Crippen molar-refractivity contribution in [3.05, 3.63) is 29.3 Å². The Bertz CT molecular complexity index is 389. The fraction of sp³-hybridized carbons (Fsp3) is 0.625. The molecule has 2 unspecified atom stereocenters. The molecule has 1 aliphatic rings. The molecule has 1 aliphatic heterocycles. The van der Waals surface area contributed by atoms with Gasteiger partial charge in [-0.15, -0.1) is 0 Å². The summed E-state index contributed by atoms with van der Waals surface area (Å²) in [5.41, 5.74) is 2.83. The van der Waals surface area contributed by atoms with E-state index in [-0.39, 0.29) is 0 Å². The first-order chi connectivity index (χ1) is 8.72. The van der Waals surface area contributed by atoms with E-state index < -0.39 is 0 Å². The van der Waals surface area contributed by atoms with Crippen LogP contribution in [0.4, 0.5) is 0 Å². The van der Waals surface area contributed by atoms with Gasteiger partial charge in [-0.1, -0.05) is 32.9 Å². The third kappa shape index (κ3) is 3.05. The quantitative estimate of drug-likeness (QED) is 0.778. The molecule has 2 atom stereocenters. The van der Waals surface area contributed by atoms with Crippen LogP contribution in [0.15, 0.2) is 18.2 Å². The molecule has 1 aromatic rings. The van der Waals surface area contributed by atoms with Crippen LogP contribution in [-0.4, -0.2) is 19.7 Å². The summed E-state index contributed by atoms with van der Waals surface area (Å²) >= 11 is 0. The third-order valence-electron chi connectivity index (χ3n) is 3.99. The van der Waals surface area contributed by atoms with Gasteiger partial charge in [-0.3, -0.25) is 0 Å². The van der Waals surface area contributed by atoms with Crippen LogP contribution in [0.1, 0.15) is 44.2 Å². The molecule has 1 heterocycles. The number of nitrogens with one attached hydrogen (secondary N) is 1. The molecule has 1 aromatic carbocycles. The number of hydrogen-bond donors (Lipinski definition) is 1. The van der Waals surface area contributed by atoms with E-state index in [1.165, 1.54) is 17.5 Å². The van der Waals surface area contributed by atoms with Gasteiger partial charge in [0.15, 0.2) is 0 Å². The Kier molecular flexibility index (Phi) is 4.65. The van der Waals surface area contributed by atoms with Crippen LogP contribution in [0.2, 0.25) is 0 Å². The maximum Gasteiger partial charge on any atom is 0.122 e. The summed E-state index contributed by atoms with van der Waals surface area (Å²) in [7, 11) is 0. The van der Waals surface area contributed by atoms with Crippen LogP contribution < -0.4 is 10.1 Å². The summed E-state index contributed by atoms with van der Waals surface area (Å²) in [4.78, 5) is 0. The molecule has 0 saturated heterocycles. The van der Waals surface area contributed by atoms with Crippen molar-refractivity contribution in [2.45, 2.75) is 39.5 Å². The van der Waals surface area contributed by atoms with Crippen LogP contribution in [0.3, 0.4) is 0 Å². The molecule has 0 radical (unpaired) electrons. The third-order valence-corrected chi connectivity index (χ3v) is 3.99. The first-order valence-corrected chi connectivity index (χ1v) is 7.18.